The molecular formula is C16H24N4O2. The lowest BCUT2D eigenvalue weighted by molar-refractivity contribution is 0.179. The van der Waals surface area contributed by atoms with Gasteiger partial charge in [0.05, 0.1) is 13.7 Å². The summed E-state index contributed by atoms with van der Waals surface area (Å²) in [6.45, 7) is 3.20. The molecule has 1 aromatic carbocycles. The van der Waals surface area contributed by atoms with Crippen LogP contribution in [-0.4, -0.2) is 44.4 Å². The first-order chi connectivity index (χ1) is 10.7. The van der Waals surface area contributed by atoms with Gasteiger partial charge in [-0.2, -0.15) is 0 Å². The molecule has 22 heavy (non-hydrogen) atoms. The maximum Gasteiger partial charge on any atom is 0.188 e. The standard InChI is InChI=1S/C16H24N4O2/c1-11(10-21-2)20-16(17)18-8-7-12-9-19-13-5-4-6-14(22-3)15(12)13/h4-6,9,11,19H,7-8,10H2,1-3H3,(H3,17,18,20). The van der Waals surface area contributed by atoms with Crippen LogP contribution < -0.4 is 15.8 Å². The summed E-state index contributed by atoms with van der Waals surface area (Å²) in [5.74, 6) is 1.31. The number of fused-ring (bicyclic) bond motifs is 1. The zero-order chi connectivity index (χ0) is 15.9. The van der Waals surface area contributed by atoms with Gasteiger partial charge in [-0.1, -0.05) is 6.07 Å². The summed E-state index contributed by atoms with van der Waals surface area (Å²) in [4.78, 5) is 7.61. The maximum atomic E-state index is 5.86. The third-order valence-electron chi connectivity index (χ3n) is 3.44. The van der Waals surface area contributed by atoms with Gasteiger partial charge in [0.15, 0.2) is 5.96 Å². The zero-order valence-corrected chi connectivity index (χ0v) is 13.3. The smallest absolute Gasteiger partial charge is 0.188 e. The molecule has 0 aliphatic rings. The molecule has 0 fully saturated rings. The number of methoxy groups -OCH3 is 2. The summed E-state index contributed by atoms with van der Waals surface area (Å²) >= 11 is 0. The van der Waals surface area contributed by atoms with Crippen LogP contribution in [0.3, 0.4) is 0 Å². The van der Waals surface area contributed by atoms with Gasteiger partial charge in [-0.05, 0) is 31.0 Å². The predicted octanol–water partition coefficient (Wildman–Crippen LogP) is 1.66. The molecule has 0 amide bonds. The zero-order valence-electron chi connectivity index (χ0n) is 13.3. The number of nitrogens with two attached hydrogens (primary N) is 1. The van der Waals surface area contributed by atoms with Crippen LogP contribution in [0.1, 0.15) is 12.5 Å². The monoisotopic (exact) mass is 304 g/mol. The van der Waals surface area contributed by atoms with E-state index >= 15 is 0 Å². The molecule has 1 heterocycles. The molecule has 2 aromatic rings. The molecule has 0 bridgehead atoms. The largest absolute Gasteiger partial charge is 0.496 e. The van der Waals surface area contributed by atoms with Crippen LogP contribution in [0, 0.1) is 0 Å². The van der Waals surface area contributed by atoms with Crippen LogP contribution in [0.25, 0.3) is 10.9 Å². The molecule has 1 aromatic heterocycles. The van der Waals surface area contributed by atoms with Gasteiger partial charge in [-0.3, -0.25) is 4.99 Å². The lowest BCUT2D eigenvalue weighted by atomic mass is 10.1. The molecule has 0 aliphatic heterocycles. The van der Waals surface area contributed by atoms with E-state index in [0.29, 0.717) is 19.1 Å². The van der Waals surface area contributed by atoms with Crippen LogP contribution in [0.2, 0.25) is 0 Å². The summed E-state index contributed by atoms with van der Waals surface area (Å²) in [6, 6.07) is 6.11. The fourth-order valence-electron chi connectivity index (χ4n) is 2.47. The number of guanidine groups is 1. The lowest BCUT2D eigenvalue weighted by Gasteiger charge is -2.13. The number of nitrogens with zero attached hydrogens (tertiary/aromatic N) is 1. The topological polar surface area (TPSA) is 84.7 Å². The summed E-state index contributed by atoms with van der Waals surface area (Å²) in [7, 11) is 3.35. The number of ether oxygens (including phenoxy) is 2. The Morgan fingerprint density at radius 3 is 2.95 bits per heavy atom. The van der Waals surface area contributed by atoms with Gasteiger partial charge in [0.25, 0.3) is 0 Å². The van der Waals surface area contributed by atoms with Gasteiger partial charge in [0.2, 0.25) is 0 Å². The molecule has 4 N–H and O–H groups in total. The highest BCUT2D eigenvalue weighted by molar-refractivity contribution is 5.89. The second-order valence-corrected chi connectivity index (χ2v) is 5.21. The molecule has 120 valence electrons. The molecule has 6 heteroatoms. The highest BCUT2D eigenvalue weighted by Crippen LogP contribution is 2.28. The van der Waals surface area contributed by atoms with E-state index in [1.54, 1.807) is 14.2 Å². The molecule has 1 unspecified atom stereocenters. The van der Waals surface area contributed by atoms with Crippen molar-refractivity contribution in [1.29, 1.82) is 0 Å². The number of aromatic nitrogens is 1. The Labute approximate surface area is 130 Å². The number of hydrogen-bond donors (Lipinski definition) is 3. The van der Waals surface area contributed by atoms with Gasteiger partial charge < -0.3 is 25.5 Å². The van der Waals surface area contributed by atoms with E-state index in [1.165, 1.54) is 5.56 Å². The number of aromatic amines is 1. The van der Waals surface area contributed by atoms with Gasteiger partial charge in [-0.25, -0.2) is 0 Å². The van der Waals surface area contributed by atoms with Gasteiger partial charge in [-0.15, -0.1) is 0 Å². The van der Waals surface area contributed by atoms with Crippen molar-refractivity contribution in [2.75, 3.05) is 27.4 Å². The Morgan fingerprint density at radius 1 is 1.41 bits per heavy atom. The van der Waals surface area contributed by atoms with Crippen LogP contribution in [-0.2, 0) is 11.2 Å². The van der Waals surface area contributed by atoms with Crippen LogP contribution in [0.5, 0.6) is 5.75 Å². The molecule has 6 nitrogen and oxygen atoms in total. The lowest BCUT2D eigenvalue weighted by Crippen LogP contribution is -2.40. The van der Waals surface area contributed by atoms with Crippen molar-refractivity contribution in [3.63, 3.8) is 0 Å². The van der Waals surface area contributed by atoms with Crippen LogP contribution in [0.15, 0.2) is 29.4 Å². The first kappa shape index (κ1) is 16.2. The Bertz CT molecular complexity index is 636. The highest BCUT2D eigenvalue weighted by atomic mass is 16.5. The molecule has 0 aliphatic carbocycles. The summed E-state index contributed by atoms with van der Waals surface area (Å²) < 4.78 is 10.5. The molecule has 2 rings (SSSR count). The third kappa shape index (κ3) is 3.92. The minimum absolute atomic E-state index is 0.141. The number of H-pyrrole nitrogens is 1. The Hall–Kier alpha value is -2.21. The van der Waals surface area contributed by atoms with Crippen molar-refractivity contribution in [3.8, 4) is 5.75 Å². The predicted molar refractivity (Wildman–Crippen MR) is 89.5 cm³/mol. The average Bonchev–Trinajstić information content (AvgIpc) is 2.91. The fraction of sp³-hybridized carbons (Fsp3) is 0.438. The minimum atomic E-state index is 0.141. The van der Waals surface area contributed by atoms with Crippen molar-refractivity contribution < 1.29 is 9.47 Å². The number of benzene rings is 1. The quantitative estimate of drug-likeness (QED) is 0.536. The Morgan fingerprint density at radius 2 is 2.23 bits per heavy atom. The number of hydrogen-bond acceptors (Lipinski definition) is 3. The molecular weight excluding hydrogens is 280 g/mol. The normalized spacial score (nSPS) is 13.3. The summed E-state index contributed by atoms with van der Waals surface area (Å²) in [5.41, 5.74) is 8.11. The second-order valence-electron chi connectivity index (χ2n) is 5.21. The van der Waals surface area contributed by atoms with E-state index in [1.807, 2.05) is 31.3 Å². The Kier molecular flexibility index (Phi) is 5.66. The van der Waals surface area contributed by atoms with E-state index in [2.05, 4.69) is 15.3 Å². The van der Waals surface area contributed by atoms with Gasteiger partial charge >= 0.3 is 0 Å². The highest BCUT2D eigenvalue weighted by Gasteiger charge is 2.08. The second kappa shape index (κ2) is 7.70. The van der Waals surface area contributed by atoms with Gasteiger partial charge in [0.1, 0.15) is 5.75 Å². The average molecular weight is 304 g/mol. The van der Waals surface area contributed by atoms with Crippen molar-refractivity contribution in [1.82, 2.24) is 10.3 Å². The van der Waals surface area contributed by atoms with E-state index in [4.69, 9.17) is 15.2 Å². The van der Waals surface area contributed by atoms with E-state index < -0.39 is 0 Å². The minimum Gasteiger partial charge on any atom is -0.496 e. The number of nitrogens with one attached hydrogen (secondary N) is 2. The SMILES string of the molecule is COCC(C)NC(N)=NCCc1c[nH]c2cccc(OC)c12. The molecule has 0 saturated carbocycles. The first-order valence-corrected chi connectivity index (χ1v) is 7.34. The van der Waals surface area contributed by atoms with E-state index in [9.17, 15) is 0 Å². The van der Waals surface area contributed by atoms with Crippen molar-refractivity contribution in [2.24, 2.45) is 10.7 Å². The fourth-order valence-corrected chi connectivity index (χ4v) is 2.47. The van der Waals surface area contributed by atoms with E-state index in [0.717, 1.165) is 23.1 Å². The van der Waals surface area contributed by atoms with Crippen LogP contribution in [0.4, 0.5) is 0 Å². The van der Waals surface area contributed by atoms with Crippen molar-refractivity contribution in [2.45, 2.75) is 19.4 Å². The van der Waals surface area contributed by atoms with Gasteiger partial charge in [0, 0.05) is 36.8 Å². The maximum absolute atomic E-state index is 5.86. The molecule has 0 saturated heterocycles. The van der Waals surface area contributed by atoms with Crippen LogP contribution >= 0.6 is 0 Å². The number of aliphatic imine (C=N–C) groups is 1. The third-order valence-corrected chi connectivity index (χ3v) is 3.44. The summed E-state index contributed by atoms with van der Waals surface area (Å²) in [6.07, 6.45) is 2.79. The van der Waals surface area contributed by atoms with E-state index in [-0.39, 0.29) is 6.04 Å². The number of rotatable bonds is 7. The molecule has 0 spiro atoms. The first-order valence-electron chi connectivity index (χ1n) is 7.34. The van der Waals surface area contributed by atoms with Crippen molar-refractivity contribution in [3.05, 3.63) is 30.0 Å². The Balaban J connectivity index is 2.00. The molecule has 1 atom stereocenters. The summed E-state index contributed by atoms with van der Waals surface area (Å²) in [5, 5.41) is 4.20. The van der Waals surface area contributed by atoms with Crippen molar-refractivity contribution >= 4 is 16.9 Å². The molecule has 0 radical (unpaired) electrons.